The zero-order valence-electron chi connectivity index (χ0n) is 17.8. The maximum atomic E-state index is 9.50. The molecule has 2 nitrogen and oxygen atoms in total. The van der Waals surface area contributed by atoms with Gasteiger partial charge < -0.3 is 4.79 Å². The van der Waals surface area contributed by atoms with Gasteiger partial charge in [0, 0.05) is 0 Å². The van der Waals surface area contributed by atoms with Crippen molar-refractivity contribution in [2.45, 2.75) is 72.1 Å². The van der Waals surface area contributed by atoms with Gasteiger partial charge in [0.25, 0.3) is 0 Å². The topological polar surface area (TPSA) is 40.9 Å². The van der Waals surface area contributed by atoms with E-state index in [1.165, 1.54) is 37.7 Å². The Morgan fingerprint density at radius 3 is 2.41 bits per heavy atom. The second kappa shape index (κ2) is 10.5. The fourth-order valence-electron chi connectivity index (χ4n) is 5.92. The van der Waals surface area contributed by atoms with Crippen LogP contribution in [0, 0.1) is 41.4 Å². The van der Waals surface area contributed by atoms with Gasteiger partial charge in [-0.15, -0.1) is 13.2 Å². The number of hydrogen-bond donors (Lipinski definition) is 0. The van der Waals surface area contributed by atoms with E-state index in [0.717, 1.165) is 24.2 Å². The average Bonchev–Trinajstić information content (AvgIpc) is 3.08. The molecule has 1 aromatic carbocycles. The summed E-state index contributed by atoms with van der Waals surface area (Å²) in [4.78, 5) is 8.00. The maximum Gasteiger partial charge on any atom is 0.106 e. The quantitative estimate of drug-likeness (QED) is 0.483. The molecule has 0 aliphatic heterocycles. The van der Waals surface area contributed by atoms with Crippen molar-refractivity contribution in [3.63, 3.8) is 0 Å². The van der Waals surface area contributed by atoms with Crippen molar-refractivity contribution >= 4 is 6.79 Å². The second-order valence-corrected chi connectivity index (χ2v) is 7.92. The average molecular weight is 368 g/mol. The van der Waals surface area contributed by atoms with E-state index >= 15 is 0 Å². The Morgan fingerprint density at radius 1 is 1.11 bits per heavy atom. The third-order valence-electron chi connectivity index (χ3n) is 7.04. The van der Waals surface area contributed by atoms with Crippen LogP contribution in [0.15, 0.2) is 31.4 Å². The molecule has 0 heterocycles. The van der Waals surface area contributed by atoms with Crippen LogP contribution in [0.1, 0.15) is 75.5 Å². The van der Waals surface area contributed by atoms with Crippen LogP contribution in [0.3, 0.4) is 0 Å². The van der Waals surface area contributed by atoms with Crippen LogP contribution < -0.4 is 0 Å². The van der Waals surface area contributed by atoms with E-state index in [-0.39, 0.29) is 0 Å². The smallest absolute Gasteiger partial charge is 0.106 e. The number of carbonyl (C=O) groups is 1. The molecule has 0 aromatic heterocycles. The monoisotopic (exact) mass is 367 g/mol. The number of benzene rings is 1. The minimum atomic E-state index is 0.304. The molecule has 2 heteroatoms. The lowest BCUT2D eigenvalue weighted by Crippen LogP contribution is -2.42. The predicted octanol–water partition coefficient (Wildman–Crippen LogP) is 6.63. The summed E-state index contributed by atoms with van der Waals surface area (Å²) < 4.78 is 0. The molecule has 2 saturated carbocycles. The number of nitrogens with zero attached hydrogens (tertiary/aromatic N) is 1. The van der Waals surface area contributed by atoms with Crippen LogP contribution in [0.2, 0.25) is 0 Å². The lowest BCUT2D eigenvalue weighted by molar-refractivity contribution is -0.0979. The van der Waals surface area contributed by atoms with E-state index in [1.54, 1.807) is 11.1 Å². The van der Waals surface area contributed by atoms with Crippen LogP contribution in [0.5, 0.6) is 0 Å². The second-order valence-electron chi connectivity index (χ2n) is 7.92. The summed E-state index contributed by atoms with van der Waals surface area (Å²) in [5, 5.41) is 9.50. The number of aryl methyl sites for hydroxylation is 2. The fourth-order valence-corrected chi connectivity index (χ4v) is 5.92. The van der Waals surface area contributed by atoms with Crippen molar-refractivity contribution in [3.05, 3.63) is 48.0 Å². The van der Waals surface area contributed by atoms with Crippen molar-refractivity contribution in [1.82, 2.24) is 0 Å². The normalized spacial score (nSPS) is 32.3. The lowest BCUT2D eigenvalue weighted by atomic mass is 9.54. The van der Waals surface area contributed by atoms with E-state index < -0.39 is 0 Å². The fraction of sp³-hybridized carbons (Fsp3) is 0.600. The Morgan fingerprint density at radius 2 is 1.78 bits per heavy atom. The Labute approximate surface area is 166 Å². The van der Waals surface area contributed by atoms with Crippen LogP contribution in [-0.2, 0) is 11.2 Å². The van der Waals surface area contributed by atoms with Crippen LogP contribution >= 0.6 is 0 Å². The SMILES string of the molecule is C=C.C=O.CC.Cc1ccc2c(c1)CCC1C2CCC2(C)C1CC[C@@H]2C#N. The molecule has 5 atom stereocenters. The van der Waals surface area contributed by atoms with Gasteiger partial charge in [-0.1, -0.05) is 44.5 Å². The molecule has 0 spiro atoms. The first kappa shape index (κ1) is 23.2. The molecule has 0 amide bonds. The molecule has 3 aliphatic carbocycles. The Bertz CT molecular complexity index is 644. The van der Waals surface area contributed by atoms with Gasteiger partial charge in [0.05, 0.1) is 12.0 Å². The lowest BCUT2D eigenvalue weighted by Gasteiger charge is -2.50. The van der Waals surface area contributed by atoms with Gasteiger partial charge in [-0.25, -0.2) is 0 Å². The summed E-state index contributed by atoms with van der Waals surface area (Å²) in [7, 11) is 0. The zero-order valence-corrected chi connectivity index (χ0v) is 17.8. The van der Waals surface area contributed by atoms with Gasteiger partial charge in [-0.05, 0) is 79.7 Å². The minimum Gasteiger partial charge on any atom is -0.307 e. The Hall–Kier alpha value is -1.88. The van der Waals surface area contributed by atoms with Gasteiger partial charge in [0.15, 0.2) is 0 Å². The van der Waals surface area contributed by atoms with E-state index in [2.05, 4.69) is 51.3 Å². The molecule has 1 aromatic rings. The first-order chi connectivity index (χ1) is 13.1. The van der Waals surface area contributed by atoms with Crippen molar-refractivity contribution in [3.8, 4) is 6.07 Å². The van der Waals surface area contributed by atoms with E-state index in [0.29, 0.717) is 11.3 Å². The minimum absolute atomic E-state index is 0.304. The van der Waals surface area contributed by atoms with Crippen LogP contribution in [0.4, 0.5) is 0 Å². The summed E-state index contributed by atoms with van der Waals surface area (Å²) >= 11 is 0. The van der Waals surface area contributed by atoms with Crippen molar-refractivity contribution in [2.24, 2.45) is 23.2 Å². The van der Waals surface area contributed by atoms with Crippen LogP contribution in [-0.4, -0.2) is 6.79 Å². The highest BCUT2D eigenvalue weighted by Crippen LogP contribution is 2.62. The molecule has 0 saturated heterocycles. The third kappa shape index (κ3) is 4.18. The molecule has 3 aliphatic rings. The number of carbonyl (C=O) groups excluding carboxylic acids is 1. The molecular formula is C25H37NO. The zero-order chi connectivity index (χ0) is 20.6. The van der Waals surface area contributed by atoms with Crippen molar-refractivity contribution < 1.29 is 4.79 Å². The first-order valence-corrected chi connectivity index (χ1v) is 10.4. The number of nitriles is 1. The van der Waals surface area contributed by atoms with Gasteiger partial charge in [0.1, 0.15) is 6.79 Å². The molecule has 0 N–H and O–H groups in total. The molecule has 4 unspecified atom stereocenters. The molecule has 27 heavy (non-hydrogen) atoms. The molecule has 2 fully saturated rings. The summed E-state index contributed by atoms with van der Waals surface area (Å²) in [5.74, 6) is 2.69. The van der Waals surface area contributed by atoms with Gasteiger partial charge >= 0.3 is 0 Å². The summed E-state index contributed by atoms with van der Waals surface area (Å²) in [6.07, 6.45) is 7.58. The highest BCUT2D eigenvalue weighted by Gasteiger charge is 2.54. The summed E-state index contributed by atoms with van der Waals surface area (Å²) in [6.45, 7) is 16.6. The summed E-state index contributed by atoms with van der Waals surface area (Å²) in [5.41, 5.74) is 4.95. The Balaban J connectivity index is 0.000000556. The van der Waals surface area contributed by atoms with Crippen molar-refractivity contribution in [1.29, 1.82) is 5.26 Å². The standard InChI is InChI=1S/C20H25N.C2H6.C2H4.CH2O/c1-13-3-6-16-14(11-13)4-7-18-17(16)9-10-20(2)15(12-21)5-8-19(18)20;3*1-2/h3,6,11,15,17-19H,4-5,7-10H2,1-2H3;1-2H3;1-2H2;1H2/t15-,17?,18?,19?,20?;;;/m1.../s1. The van der Waals surface area contributed by atoms with E-state index in [4.69, 9.17) is 4.79 Å². The first-order valence-electron chi connectivity index (χ1n) is 10.4. The molecule has 4 rings (SSSR count). The van der Waals surface area contributed by atoms with Gasteiger partial charge in [0.2, 0.25) is 0 Å². The van der Waals surface area contributed by atoms with Crippen LogP contribution in [0.25, 0.3) is 0 Å². The summed E-state index contributed by atoms with van der Waals surface area (Å²) in [6, 6.07) is 9.73. The number of fused-ring (bicyclic) bond motifs is 5. The maximum absolute atomic E-state index is 9.50. The highest BCUT2D eigenvalue weighted by atomic mass is 16.1. The molecule has 0 bridgehead atoms. The highest BCUT2D eigenvalue weighted by molar-refractivity contribution is 5.37. The molecule has 148 valence electrons. The Kier molecular flexibility index (Phi) is 8.97. The van der Waals surface area contributed by atoms with E-state index in [1.807, 2.05) is 20.6 Å². The van der Waals surface area contributed by atoms with Gasteiger partial charge in [-0.3, -0.25) is 0 Å². The van der Waals surface area contributed by atoms with Gasteiger partial charge in [-0.2, -0.15) is 5.26 Å². The number of rotatable bonds is 0. The number of hydrogen-bond acceptors (Lipinski definition) is 2. The molecular weight excluding hydrogens is 330 g/mol. The largest absolute Gasteiger partial charge is 0.307 e. The third-order valence-corrected chi connectivity index (χ3v) is 7.04. The van der Waals surface area contributed by atoms with E-state index in [9.17, 15) is 5.26 Å². The van der Waals surface area contributed by atoms with Crippen molar-refractivity contribution in [2.75, 3.05) is 0 Å². The molecule has 0 radical (unpaired) electrons. The predicted molar refractivity (Wildman–Crippen MR) is 115 cm³/mol.